The van der Waals surface area contributed by atoms with E-state index in [2.05, 4.69) is 49.9 Å². The van der Waals surface area contributed by atoms with E-state index in [0.717, 1.165) is 12.6 Å². The fraction of sp³-hybridized carbons (Fsp3) is 0.478. The Morgan fingerprint density at radius 3 is 2.13 bits per heavy atom. The van der Waals surface area contributed by atoms with Crippen LogP contribution >= 0.6 is 12.4 Å². The van der Waals surface area contributed by atoms with Crippen LogP contribution in [0.2, 0.25) is 0 Å². The van der Waals surface area contributed by atoms with Crippen LogP contribution in [-0.2, 0) is 18.1 Å². The Hall–Kier alpha value is -1.79. The van der Waals surface area contributed by atoms with E-state index in [-0.39, 0.29) is 29.6 Å². The van der Waals surface area contributed by atoms with Crippen molar-refractivity contribution in [1.29, 1.82) is 0 Å². The van der Waals surface area contributed by atoms with Crippen LogP contribution in [0.25, 0.3) is 0 Å². The van der Waals surface area contributed by atoms with E-state index in [4.69, 9.17) is 0 Å². The van der Waals surface area contributed by atoms with Crippen LogP contribution in [0.1, 0.15) is 44.4 Å². The third-order valence-electron chi connectivity index (χ3n) is 5.58. The maximum atomic E-state index is 13.4. The van der Waals surface area contributed by atoms with Crippen molar-refractivity contribution in [3.8, 4) is 0 Å². The Bertz CT molecular complexity index is 844. The van der Waals surface area contributed by atoms with Gasteiger partial charge in [0.2, 0.25) is 0 Å². The van der Waals surface area contributed by atoms with Gasteiger partial charge in [0.25, 0.3) is 0 Å². The molecule has 3 rings (SSSR count). The quantitative estimate of drug-likeness (QED) is 0.514. The van der Waals surface area contributed by atoms with E-state index in [1.807, 2.05) is 6.92 Å². The fourth-order valence-electron chi connectivity index (χ4n) is 3.80. The van der Waals surface area contributed by atoms with Crippen molar-refractivity contribution in [1.82, 2.24) is 4.90 Å². The lowest BCUT2D eigenvalue weighted by atomic mass is 9.86. The second-order valence-corrected chi connectivity index (χ2v) is 8.87. The van der Waals surface area contributed by atoms with Gasteiger partial charge in [0, 0.05) is 37.9 Å². The lowest BCUT2D eigenvalue weighted by Gasteiger charge is -2.41. The van der Waals surface area contributed by atoms with E-state index in [0.29, 0.717) is 25.7 Å². The second-order valence-electron chi connectivity index (χ2n) is 8.87. The Morgan fingerprint density at radius 1 is 0.967 bits per heavy atom. The Kier molecular flexibility index (Phi) is 7.46. The summed E-state index contributed by atoms with van der Waals surface area (Å²) in [6, 6.07) is 11.5. The van der Waals surface area contributed by atoms with E-state index in [9.17, 15) is 17.6 Å². The zero-order valence-electron chi connectivity index (χ0n) is 17.8. The smallest absolute Gasteiger partial charge is 0.368 e. The minimum atomic E-state index is -4.58. The summed E-state index contributed by atoms with van der Waals surface area (Å²) in [5.74, 6) is -0.869. The minimum Gasteiger partial charge on any atom is -0.368 e. The molecule has 1 heterocycles. The zero-order chi connectivity index (χ0) is 21.4. The molecule has 2 nitrogen and oxygen atoms in total. The molecule has 30 heavy (non-hydrogen) atoms. The number of halogens is 5. The first kappa shape index (κ1) is 24.5. The molecule has 1 aliphatic heterocycles. The molecule has 2 aromatic rings. The standard InChI is InChI=1S/C23H28F4N2.ClH/c1-16-14-29(21-10-9-19(24)13-20(21)23(25,26)27)12-11-28(16)15-17-5-7-18(8-6-17)22(2,3)4;/h5-10,13,16H,11-12,14-15H2,1-4H3;1H/t16-;/m1./s1. The van der Waals surface area contributed by atoms with Crippen LogP contribution in [0, 0.1) is 5.82 Å². The molecule has 1 atom stereocenters. The first-order valence-corrected chi connectivity index (χ1v) is 9.90. The van der Waals surface area contributed by atoms with E-state index in [1.165, 1.54) is 17.2 Å². The van der Waals surface area contributed by atoms with Crippen molar-refractivity contribution in [2.45, 2.75) is 51.9 Å². The van der Waals surface area contributed by atoms with Gasteiger partial charge in [-0.25, -0.2) is 4.39 Å². The average molecular weight is 445 g/mol. The van der Waals surface area contributed by atoms with Crippen LogP contribution in [0.15, 0.2) is 42.5 Å². The van der Waals surface area contributed by atoms with Crippen molar-refractivity contribution < 1.29 is 17.6 Å². The molecular weight excluding hydrogens is 416 g/mol. The number of alkyl halides is 3. The molecule has 0 N–H and O–H groups in total. The molecular formula is C23H29ClF4N2. The van der Waals surface area contributed by atoms with Crippen LogP contribution < -0.4 is 4.90 Å². The molecule has 0 radical (unpaired) electrons. The fourth-order valence-corrected chi connectivity index (χ4v) is 3.80. The molecule has 0 aromatic heterocycles. The molecule has 0 saturated carbocycles. The monoisotopic (exact) mass is 444 g/mol. The molecule has 0 spiro atoms. The number of hydrogen-bond donors (Lipinski definition) is 0. The summed E-state index contributed by atoms with van der Waals surface area (Å²) in [4.78, 5) is 3.99. The predicted octanol–water partition coefficient (Wildman–Crippen LogP) is 6.27. The minimum absolute atomic E-state index is 0. The SMILES string of the molecule is C[C@@H]1CN(c2ccc(F)cc2C(F)(F)F)CCN1Cc1ccc(C(C)(C)C)cc1.Cl. The second kappa shape index (κ2) is 9.15. The van der Waals surface area contributed by atoms with Crippen molar-refractivity contribution >= 4 is 18.1 Å². The highest BCUT2D eigenvalue weighted by molar-refractivity contribution is 5.85. The summed E-state index contributed by atoms with van der Waals surface area (Å²) in [7, 11) is 0. The first-order valence-electron chi connectivity index (χ1n) is 9.90. The van der Waals surface area contributed by atoms with Crippen LogP contribution in [0.5, 0.6) is 0 Å². The van der Waals surface area contributed by atoms with Crippen LogP contribution in [-0.4, -0.2) is 30.6 Å². The highest BCUT2D eigenvalue weighted by atomic mass is 35.5. The van der Waals surface area contributed by atoms with Gasteiger partial charge in [-0.05, 0) is 41.7 Å². The molecule has 166 valence electrons. The van der Waals surface area contributed by atoms with Gasteiger partial charge in [-0.15, -0.1) is 12.4 Å². The van der Waals surface area contributed by atoms with Crippen LogP contribution in [0.4, 0.5) is 23.2 Å². The molecule has 0 unspecified atom stereocenters. The molecule has 2 aromatic carbocycles. The number of benzene rings is 2. The van der Waals surface area contributed by atoms with Crippen molar-refractivity contribution in [3.63, 3.8) is 0 Å². The average Bonchev–Trinajstić information content (AvgIpc) is 2.62. The third-order valence-corrected chi connectivity index (χ3v) is 5.58. The van der Waals surface area contributed by atoms with Crippen molar-refractivity contribution in [3.05, 3.63) is 65.0 Å². The van der Waals surface area contributed by atoms with Gasteiger partial charge in [0.1, 0.15) is 5.82 Å². The summed E-state index contributed by atoms with van der Waals surface area (Å²) in [6.45, 7) is 10.9. The van der Waals surface area contributed by atoms with Gasteiger partial charge in [-0.3, -0.25) is 4.90 Å². The Labute approximate surface area is 182 Å². The van der Waals surface area contributed by atoms with E-state index < -0.39 is 17.6 Å². The Morgan fingerprint density at radius 2 is 1.60 bits per heavy atom. The molecule has 1 aliphatic rings. The highest BCUT2D eigenvalue weighted by Crippen LogP contribution is 2.38. The van der Waals surface area contributed by atoms with Crippen molar-refractivity contribution in [2.24, 2.45) is 0 Å². The summed E-state index contributed by atoms with van der Waals surface area (Å²) >= 11 is 0. The molecule has 7 heteroatoms. The number of nitrogens with zero attached hydrogens (tertiary/aromatic N) is 2. The number of piperazine rings is 1. The summed E-state index contributed by atoms with van der Waals surface area (Å²) in [5, 5.41) is 0. The number of hydrogen-bond acceptors (Lipinski definition) is 2. The summed E-state index contributed by atoms with van der Waals surface area (Å²) in [5.41, 5.74) is 1.71. The lowest BCUT2D eigenvalue weighted by molar-refractivity contribution is -0.137. The van der Waals surface area contributed by atoms with Gasteiger partial charge in [0.15, 0.2) is 0 Å². The number of rotatable bonds is 3. The molecule has 1 saturated heterocycles. The molecule has 0 amide bonds. The first-order chi connectivity index (χ1) is 13.4. The van der Waals surface area contributed by atoms with E-state index >= 15 is 0 Å². The summed E-state index contributed by atoms with van der Waals surface area (Å²) < 4.78 is 53.5. The normalized spacial score (nSPS) is 18.3. The zero-order valence-corrected chi connectivity index (χ0v) is 18.6. The molecule has 0 aliphatic carbocycles. The Balaban J connectivity index is 0.00000320. The topological polar surface area (TPSA) is 6.48 Å². The van der Waals surface area contributed by atoms with Crippen molar-refractivity contribution in [2.75, 3.05) is 24.5 Å². The van der Waals surface area contributed by atoms with E-state index in [1.54, 1.807) is 4.90 Å². The molecule has 0 bridgehead atoms. The van der Waals surface area contributed by atoms with Gasteiger partial charge in [-0.2, -0.15) is 13.2 Å². The lowest BCUT2D eigenvalue weighted by Crippen LogP contribution is -2.51. The molecule has 1 fully saturated rings. The third kappa shape index (κ3) is 5.67. The van der Waals surface area contributed by atoms with Gasteiger partial charge in [-0.1, -0.05) is 45.0 Å². The van der Waals surface area contributed by atoms with Gasteiger partial charge >= 0.3 is 6.18 Å². The van der Waals surface area contributed by atoms with Gasteiger partial charge in [0.05, 0.1) is 5.56 Å². The largest absolute Gasteiger partial charge is 0.418 e. The highest BCUT2D eigenvalue weighted by Gasteiger charge is 2.36. The number of anilines is 1. The maximum absolute atomic E-state index is 13.4. The van der Waals surface area contributed by atoms with Crippen LogP contribution in [0.3, 0.4) is 0 Å². The maximum Gasteiger partial charge on any atom is 0.418 e. The van der Waals surface area contributed by atoms with Gasteiger partial charge < -0.3 is 4.90 Å². The predicted molar refractivity (Wildman–Crippen MR) is 116 cm³/mol. The summed E-state index contributed by atoms with van der Waals surface area (Å²) in [6.07, 6.45) is -4.58.